The zero-order valence-corrected chi connectivity index (χ0v) is 45.7. The molecule has 0 saturated heterocycles. The SMILES string of the molecule is CCCCCCCCC1=C(c2c(CCCCCCCC)cc(-c3ccc(N(c4ccccc4)c4ccc(-c5ccc(N(c6ccccc6)c6ccc(C)cc6)cc5)cc4)cc3)c3ccccc23)C2C=CC=CC2C(C)=C1. The fraction of sp³-hybridized carbons (Fsp3) is 0.270. The average Bonchev–Trinajstić information content (AvgIpc) is 3.47. The van der Waals surface area contributed by atoms with E-state index in [1.807, 2.05) is 0 Å². The van der Waals surface area contributed by atoms with Gasteiger partial charge in [0.2, 0.25) is 0 Å². The molecule has 0 heterocycles. The summed E-state index contributed by atoms with van der Waals surface area (Å²) in [6.07, 6.45) is 30.0. The minimum Gasteiger partial charge on any atom is -0.311 e. The molecule has 2 heteroatoms. The zero-order valence-electron chi connectivity index (χ0n) is 45.7. The first-order valence-electron chi connectivity index (χ1n) is 28.9. The van der Waals surface area contributed by atoms with Crippen LogP contribution in [0.25, 0.3) is 38.6 Å². The lowest BCUT2D eigenvalue weighted by molar-refractivity contribution is 0.597. The molecule has 0 bridgehead atoms. The summed E-state index contributed by atoms with van der Waals surface area (Å²) in [6.45, 7) is 9.15. The van der Waals surface area contributed by atoms with Gasteiger partial charge < -0.3 is 9.80 Å². The zero-order chi connectivity index (χ0) is 52.1. The van der Waals surface area contributed by atoms with Crippen LogP contribution in [0.1, 0.15) is 121 Å². The molecule has 0 spiro atoms. The molecule has 0 aromatic heterocycles. The monoisotopic (exact) mass is 995 g/mol. The van der Waals surface area contributed by atoms with Crippen LogP contribution >= 0.6 is 0 Å². The van der Waals surface area contributed by atoms with E-state index in [0.29, 0.717) is 11.8 Å². The summed E-state index contributed by atoms with van der Waals surface area (Å²) in [5, 5.41) is 2.74. The van der Waals surface area contributed by atoms with E-state index in [0.717, 1.165) is 47.0 Å². The third kappa shape index (κ3) is 12.0. The van der Waals surface area contributed by atoms with Crippen LogP contribution in [0.15, 0.2) is 230 Å². The van der Waals surface area contributed by atoms with Gasteiger partial charge in [-0.25, -0.2) is 0 Å². The quantitative estimate of drug-likeness (QED) is 0.0589. The van der Waals surface area contributed by atoms with E-state index in [-0.39, 0.29) is 0 Å². The number of allylic oxidation sites excluding steroid dienone is 8. The van der Waals surface area contributed by atoms with Crippen molar-refractivity contribution in [1.29, 1.82) is 0 Å². The van der Waals surface area contributed by atoms with Gasteiger partial charge in [0.25, 0.3) is 0 Å². The molecule has 2 nitrogen and oxygen atoms in total. The van der Waals surface area contributed by atoms with Gasteiger partial charge >= 0.3 is 0 Å². The number of benzene rings is 8. The highest BCUT2D eigenvalue weighted by molar-refractivity contribution is 6.05. The molecule has 10 rings (SSSR count). The molecule has 8 aromatic rings. The van der Waals surface area contributed by atoms with E-state index in [1.54, 1.807) is 11.1 Å². The molecule has 2 aliphatic rings. The van der Waals surface area contributed by atoms with Crippen molar-refractivity contribution in [2.45, 2.75) is 118 Å². The predicted octanol–water partition coefficient (Wildman–Crippen LogP) is 22.1. The summed E-state index contributed by atoms with van der Waals surface area (Å²) in [5.41, 5.74) is 20.7. The van der Waals surface area contributed by atoms with Crippen LogP contribution in [0.2, 0.25) is 0 Å². The number of nitrogens with zero attached hydrogens (tertiary/aromatic N) is 2. The summed E-state index contributed by atoms with van der Waals surface area (Å²) in [7, 11) is 0. The standard InChI is InChI=1S/C74H78N2/c1-5-7-9-11-13-17-27-60-53-56(4)68-33-23-25-35-70(68)73(60)74-61(28-18-14-12-10-8-6-2)54-72(69-34-24-26-36-71(69)74)59-43-51-67(52-44-59)76(63-31-21-16-22-32-63)66-49-41-58(42-50-66)57-39-47-65(48-40-57)75(62-29-19-15-20-30-62)64-45-37-55(3)38-46-64/h15-16,19-26,29-54,68,70H,5-14,17-18,27-28H2,1-4H3. The maximum atomic E-state index is 2.61. The lowest BCUT2D eigenvalue weighted by Gasteiger charge is -2.35. The Hall–Kier alpha value is -7.42. The molecule has 0 amide bonds. The van der Waals surface area contributed by atoms with Crippen LogP contribution in [0.4, 0.5) is 34.1 Å². The Labute approximate surface area is 455 Å². The van der Waals surface area contributed by atoms with Gasteiger partial charge in [-0.1, -0.05) is 229 Å². The van der Waals surface area contributed by atoms with Gasteiger partial charge in [-0.3, -0.25) is 0 Å². The maximum Gasteiger partial charge on any atom is 0.0462 e. The van der Waals surface area contributed by atoms with E-state index >= 15 is 0 Å². The first-order chi connectivity index (χ1) is 37.5. The Morgan fingerprint density at radius 2 is 0.803 bits per heavy atom. The summed E-state index contributed by atoms with van der Waals surface area (Å²) in [4.78, 5) is 4.71. The average molecular weight is 995 g/mol. The first-order valence-corrected chi connectivity index (χ1v) is 28.9. The van der Waals surface area contributed by atoms with Crippen LogP contribution in [0, 0.1) is 18.8 Å². The maximum absolute atomic E-state index is 2.61. The number of fused-ring (bicyclic) bond motifs is 2. The normalized spacial score (nSPS) is 15.0. The highest BCUT2D eigenvalue weighted by Gasteiger charge is 2.33. The Morgan fingerprint density at radius 1 is 0.382 bits per heavy atom. The molecule has 2 unspecified atom stereocenters. The third-order valence-corrected chi connectivity index (χ3v) is 16.1. The van der Waals surface area contributed by atoms with Gasteiger partial charge in [0.1, 0.15) is 0 Å². The number of anilines is 6. The molecular formula is C74H78N2. The Balaban J connectivity index is 0.987. The van der Waals surface area contributed by atoms with Crippen molar-refractivity contribution in [3.8, 4) is 22.3 Å². The summed E-state index contributed by atoms with van der Waals surface area (Å²) >= 11 is 0. The number of hydrogen-bond donors (Lipinski definition) is 0. The van der Waals surface area contributed by atoms with Crippen LogP contribution in [0.3, 0.4) is 0 Å². The number of rotatable bonds is 23. The van der Waals surface area contributed by atoms with Crippen molar-refractivity contribution < 1.29 is 0 Å². The fourth-order valence-electron chi connectivity index (χ4n) is 12.0. The molecule has 0 saturated carbocycles. The first kappa shape index (κ1) is 52.0. The smallest absolute Gasteiger partial charge is 0.0462 e. The van der Waals surface area contributed by atoms with Crippen molar-refractivity contribution in [1.82, 2.24) is 0 Å². The van der Waals surface area contributed by atoms with Crippen molar-refractivity contribution in [3.63, 3.8) is 0 Å². The molecule has 0 radical (unpaired) electrons. The molecule has 0 fully saturated rings. The number of para-hydroxylation sites is 2. The van der Waals surface area contributed by atoms with Gasteiger partial charge in [0.05, 0.1) is 0 Å². The molecule has 2 atom stereocenters. The highest BCUT2D eigenvalue weighted by atomic mass is 15.1. The summed E-state index contributed by atoms with van der Waals surface area (Å²) in [5.74, 6) is 0.749. The van der Waals surface area contributed by atoms with Crippen LogP contribution in [-0.2, 0) is 6.42 Å². The molecule has 8 aromatic carbocycles. The van der Waals surface area contributed by atoms with E-state index in [9.17, 15) is 0 Å². The van der Waals surface area contributed by atoms with Crippen molar-refractivity contribution in [2.24, 2.45) is 11.8 Å². The number of unbranched alkanes of at least 4 members (excludes halogenated alkanes) is 10. The van der Waals surface area contributed by atoms with Gasteiger partial charge in [-0.2, -0.15) is 0 Å². The van der Waals surface area contributed by atoms with Crippen molar-refractivity contribution >= 4 is 50.5 Å². The second-order valence-electron chi connectivity index (χ2n) is 21.5. The van der Waals surface area contributed by atoms with Gasteiger partial charge in [0, 0.05) is 46.0 Å². The van der Waals surface area contributed by atoms with Crippen LogP contribution in [0.5, 0.6) is 0 Å². The Kier molecular flexibility index (Phi) is 17.4. The van der Waals surface area contributed by atoms with E-state index in [4.69, 9.17) is 0 Å². The van der Waals surface area contributed by atoms with Crippen LogP contribution in [-0.4, -0.2) is 0 Å². The molecule has 2 aliphatic carbocycles. The summed E-state index contributed by atoms with van der Waals surface area (Å²) < 4.78 is 0. The largest absolute Gasteiger partial charge is 0.311 e. The number of aryl methyl sites for hydroxylation is 2. The Morgan fingerprint density at radius 3 is 1.33 bits per heavy atom. The highest BCUT2D eigenvalue weighted by Crippen LogP contribution is 2.49. The molecular weight excluding hydrogens is 917 g/mol. The van der Waals surface area contributed by atoms with Gasteiger partial charge in [-0.05, 0) is 174 Å². The minimum absolute atomic E-state index is 0.348. The molecule has 0 N–H and O–H groups in total. The number of hydrogen-bond acceptors (Lipinski definition) is 2. The third-order valence-electron chi connectivity index (χ3n) is 16.1. The van der Waals surface area contributed by atoms with E-state index < -0.39 is 0 Å². The molecule has 384 valence electrons. The second-order valence-corrected chi connectivity index (χ2v) is 21.5. The van der Waals surface area contributed by atoms with E-state index in [1.165, 1.54) is 132 Å². The van der Waals surface area contributed by atoms with Crippen molar-refractivity contribution in [2.75, 3.05) is 9.80 Å². The van der Waals surface area contributed by atoms with Crippen LogP contribution < -0.4 is 9.80 Å². The van der Waals surface area contributed by atoms with E-state index in [2.05, 4.69) is 256 Å². The van der Waals surface area contributed by atoms with Gasteiger partial charge in [-0.15, -0.1) is 0 Å². The lowest BCUT2D eigenvalue weighted by Crippen LogP contribution is -2.21. The molecule has 0 aliphatic heterocycles. The molecule has 76 heavy (non-hydrogen) atoms. The fourth-order valence-corrected chi connectivity index (χ4v) is 12.0. The van der Waals surface area contributed by atoms with Gasteiger partial charge in [0.15, 0.2) is 0 Å². The minimum atomic E-state index is 0.348. The Bertz CT molecular complexity index is 3260. The van der Waals surface area contributed by atoms with Crippen molar-refractivity contribution in [3.05, 3.63) is 246 Å². The topological polar surface area (TPSA) is 6.48 Å². The second kappa shape index (κ2) is 25.4. The lowest BCUT2D eigenvalue weighted by atomic mass is 9.68. The summed E-state index contributed by atoms with van der Waals surface area (Å²) in [6, 6.07) is 69.6. The predicted molar refractivity (Wildman–Crippen MR) is 330 cm³/mol.